The molecule has 2 aromatic carbocycles. The van der Waals surface area contributed by atoms with Gasteiger partial charge in [-0.05, 0) is 30.2 Å². The van der Waals surface area contributed by atoms with Crippen LogP contribution in [0.2, 0.25) is 5.02 Å². The van der Waals surface area contributed by atoms with Crippen LogP contribution in [0.1, 0.15) is 5.56 Å². The number of rotatable bonds is 4. The Labute approximate surface area is 131 Å². The zero-order valence-electron chi connectivity index (χ0n) is 10.6. The predicted molar refractivity (Wildman–Crippen MR) is 85.9 cm³/mol. The smallest absolute Gasteiger partial charge is 0.241 e. The van der Waals surface area contributed by atoms with Gasteiger partial charge in [-0.3, -0.25) is 4.79 Å². The topological polar surface area (TPSA) is 55.1 Å². The lowest BCUT2D eigenvalue weighted by molar-refractivity contribution is -0.117. The Kier molecular flexibility index (Phi) is 5.17. The standard InChI is InChI=1S/C15H14BrClN2O/c16-11-6-7-14(12(17)9-11)19-15(20)13(18)8-10-4-2-1-3-5-10/h1-7,9,13H,8,18H2,(H,19,20)/t13-/m1/s1. The van der Waals surface area contributed by atoms with Crippen LogP contribution in [-0.4, -0.2) is 11.9 Å². The number of anilines is 1. The summed E-state index contributed by atoms with van der Waals surface area (Å²) >= 11 is 9.37. The second-order valence-corrected chi connectivity index (χ2v) is 5.73. The number of hydrogen-bond donors (Lipinski definition) is 2. The molecular weight excluding hydrogens is 340 g/mol. The van der Waals surface area contributed by atoms with Gasteiger partial charge >= 0.3 is 0 Å². The molecule has 5 heteroatoms. The minimum Gasteiger partial charge on any atom is -0.323 e. The van der Waals surface area contributed by atoms with E-state index in [1.807, 2.05) is 36.4 Å². The van der Waals surface area contributed by atoms with E-state index in [1.165, 1.54) is 0 Å². The fraction of sp³-hybridized carbons (Fsp3) is 0.133. The molecule has 0 unspecified atom stereocenters. The van der Waals surface area contributed by atoms with Crippen molar-refractivity contribution in [2.75, 3.05) is 5.32 Å². The summed E-state index contributed by atoms with van der Waals surface area (Å²) in [6.45, 7) is 0. The van der Waals surface area contributed by atoms with Crippen molar-refractivity contribution in [2.45, 2.75) is 12.5 Å². The third-order valence-electron chi connectivity index (χ3n) is 2.82. The largest absolute Gasteiger partial charge is 0.323 e. The maximum atomic E-state index is 12.0. The summed E-state index contributed by atoms with van der Waals surface area (Å²) < 4.78 is 0.856. The molecule has 1 atom stereocenters. The Morgan fingerprint density at radius 2 is 1.95 bits per heavy atom. The lowest BCUT2D eigenvalue weighted by atomic mass is 10.1. The van der Waals surface area contributed by atoms with Crippen molar-refractivity contribution in [3.63, 3.8) is 0 Å². The van der Waals surface area contributed by atoms with Gasteiger partial charge in [0, 0.05) is 4.47 Å². The van der Waals surface area contributed by atoms with E-state index in [0.29, 0.717) is 17.1 Å². The molecule has 2 rings (SSSR count). The van der Waals surface area contributed by atoms with Crippen molar-refractivity contribution in [1.82, 2.24) is 0 Å². The van der Waals surface area contributed by atoms with E-state index in [1.54, 1.807) is 12.1 Å². The van der Waals surface area contributed by atoms with Gasteiger partial charge in [0.2, 0.25) is 5.91 Å². The third kappa shape index (κ3) is 4.07. The van der Waals surface area contributed by atoms with Crippen LogP contribution < -0.4 is 11.1 Å². The van der Waals surface area contributed by atoms with Gasteiger partial charge in [0.1, 0.15) is 0 Å². The van der Waals surface area contributed by atoms with Crippen LogP contribution in [0.5, 0.6) is 0 Å². The average molecular weight is 354 g/mol. The fourth-order valence-electron chi connectivity index (χ4n) is 1.78. The zero-order chi connectivity index (χ0) is 14.5. The first-order valence-electron chi connectivity index (χ1n) is 6.11. The van der Waals surface area contributed by atoms with E-state index in [2.05, 4.69) is 21.2 Å². The normalized spacial score (nSPS) is 11.9. The molecule has 1 amide bonds. The Balaban J connectivity index is 2.01. The summed E-state index contributed by atoms with van der Waals surface area (Å²) in [7, 11) is 0. The van der Waals surface area contributed by atoms with Gasteiger partial charge in [0.25, 0.3) is 0 Å². The monoisotopic (exact) mass is 352 g/mol. The van der Waals surface area contributed by atoms with Crippen LogP contribution >= 0.6 is 27.5 Å². The van der Waals surface area contributed by atoms with Crippen LogP contribution in [0, 0.1) is 0 Å². The summed E-state index contributed by atoms with van der Waals surface area (Å²) in [5.41, 5.74) is 7.50. The lowest BCUT2D eigenvalue weighted by Crippen LogP contribution is -2.37. The molecule has 104 valence electrons. The molecule has 0 spiro atoms. The molecule has 0 aliphatic heterocycles. The minimum absolute atomic E-state index is 0.252. The Hall–Kier alpha value is -1.36. The Morgan fingerprint density at radius 1 is 1.25 bits per heavy atom. The molecule has 0 aliphatic carbocycles. The fourth-order valence-corrected chi connectivity index (χ4v) is 2.50. The van der Waals surface area contributed by atoms with Gasteiger partial charge in [0.05, 0.1) is 16.8 Å². The first kappa shape index (κ1) is 15.0. The molecule has 20 heavy (non-hydrogen) atoms. The van der Waals surface area contributed by atoms with Crippen molar-refractivity contribution < 1.29 is 4.79 Å². The van der Waals surface area contributed by atoms with Gasteiger partial charge < -0.3 is 11.1 Å². The minimum atomic E-state index is -0.614. The van der Waals surface area contributed by atoms with Crippen molar-refractivity contribution in [3.05, 3.63) is 63.6 Å². The Bertz CT molecular complexity index is 604. The zero-order valence-corrected chi connectivity index (χ0v) is 13.0. The van der Waals surface area contributed by atoms with Crippen LogP contribution in [0.25, 0.3) is 0 Å². The molecule has 0 bridgehead atoms. The highest BCUT2D eigenvalue weighted by atomic mass is 79.9. The van der Waals surface area contributed by atoms with Gasteiger partial charge in [-0.2, -0.15) is 0 Å². The number of nitrogens with one attached hydrogen (secondary N) is 1. The summed E-state index contributed by atoms with van der Waals surface area (Å²) in [6, 6.07) is 14.3. The number of carbonyl (C=O) groups excluding carboxylic acids is 1. The van der Waals surface area contributed by atoms with Crippen molar-refractivity contribution >= 4 is 39.1 Å². The maximum absolute atomic E-state index is 12.0. The van der Waals surface area contributed by atoms with Crippen molar-refractivity contribution in [2.24, 2.45) is 5.73 Å². The molecule has 0 aromatic heterocycles. The van der Waals surface area contributed by atoms with E-state index < -0.39 is 6.04 Å². The van der Waals surface area contributed by atoms with E-state index in [-0.39, 0.29) is 5.91 Å². The van der Waals surface area contributed by atoms with Gasteiger partial charge in [-0.15, -0.1) is 0 Å². The highest BCUT2D eigenvalue weighted by Gasteiger charge is 2.15. The maximum Gasteiger partial charge on any atom is 0.241 e. The first-order valence-corrected chi connectivity index (χ1v) is 7.29. The quantitative estimate of drug-likeness (QED) is 0.882. The van der Waals surface area contributed by atoms with Gasteiger partial charge in [-0.25, -0.2) is 0 Å². The van der Waals surface area contributed by atoms with Crippen molar-refractivity contribution in [3.8, 4) is 0 Å². The van der Waals surface area contributed by atoms with E-state index >= 15 is 0 Å². The predicted octanol–water partition coefficient (Wildman–Crippen LogP) is 3.61. The van der Waals surface area contributed by atoms with Gasteiger partial charge in [-0.1, -0.05) is 57.9 Å². The molecule has 0 saturated carbocycles. The highest BCUT2D eigenvalue weighted by molar-refractivity contribution is 9.10. The SMILES string of the molecule is N[C@H](Cc1ccccc1)C(=O)Nc1ccc(Br)cc1Cl. The summed E-state index contributed by atoms with van der Waals surface area (Å²) in [5.74, 6) is -0.252. The van der Waals surface area contributed by atoms with Crippen LogP contribution in [0.4, 0.5) is 5.69 Å². The molecule has 2 aromatic rings. The number of amides is 1. The molecule has 0 aliphatic rings. The summed E-state index contributed by atoms with van der Waals surface area (Å²) in [6.07, 6.45) is 0.487. The second kappa shape index (κ2) is 6.88. The third-order valence-corrected chi connectivity index (χ3v) is 3.63. The number of benzene rings is 2. The summed E-state index contributed by atoms with van der Waals surface area (Å²) in [5, 5.41) is 3.21. The number of nitrogens with two attached hydrogens (primary N) is 1. The van der Waals surface area contributed by atoms with E-state index in [9.17, 15) is 4.79 Å². The average Bonchev–Trinajstić information content (AvgIpc) is 2.43. The highest BCUT2D eigenvalue weighted by Crippen LogP contribution is 2.25. The number of carbonyl (C=O) groups is 1. The Morgan fingerprint density at radius 3 is 2.60 bits per heavy atom. The molecule has 0 fully saturated rings. The first-order chi connectivity index (χ1) is 9.56. The van der Waals surface area contributed by atoms with Crippen LogP contribution in [-0.2, 0) is 11.2 Å². The summed E-state index contributed by atoms with van der Waals surface area (Å²) in [4.78, 5) is 12.0. The van der Waals surface area contributed by atoms with Gasteiger partial charge in [0.15, 0.2) is 0 Å². The van der Waals surface area contributed by atoms with E-state index in [4.69, 9.17) is 17.3 Å². The van der Waals surface area contributed by atoms with E-state index in [0.717, 1.165) is 10.0 Å². The molecule has 3 N–H and O–H groups in total. The molecule has 0 radical (unpaired) electrons. The molecule has 0 heterocycles. The molecular formula is C15H14BrClN2O. The lowest BCUT2D eigenvalue weighted by Gasteiger charge is -2.13. The van der Waals surface area contributed by atoms with Crippen molar-refractivity contribution in [1.29, 1.82) is 0 Å². The molecule has 3 nitrogen and oxygen atoms in total. The second-order valence-electron chi connectivity index (χ2n) is 4.41. The van der Waals surface area contributed by atoms with Crippen LogP contribution in [0.3, 0.4) is 0 Å². The number of hydrogen-bond acceptors (Lipinski definition) is 2. The molecule has 0 saturated heterocycles. The number of halogens is 2. The van der Waals surface area contributed by atoms with Crippen LogP contribution in [0.15, 0.2) is 53.0 Å².